The third kappa shape index (κ3) is 3.87. The Balaban J connectivity index is 1.72. The molecule has 2 heterocycles. The summed E-state index contributed by atoms with van der Waals surface area (Å²) in [6, 6.07) is 19.3. The van der Waals surface area contributed by atoms with Crippen molar-refractivity contribution >= 4 is 34.9 Å². The Morgan fingerprint density at radius 2 is 1.62 bits per heavy atom. The van der Waals surface area contributed by atoms with Gasteiger partial charge in [-0.05, 0) is 31.2 Å². The number of halogens is 2. The summed E-state index contributed by atoms with van der Waals surface area (Å²) in [6.07, 6.45) is 0. The zero-order valence-electron chi connectivity index (χ0n) is 18.8. The van der Waals surface area contributed by atoms with Gasteiger partial charge in [0.2, 0.25) is 0 Å². The second-order valence-corrected chi connectivity index (χ2v) is 8.56. The molecule has 1 aliphatic rings. The maximum Gasteiger partial charge on any atom is 0.252 e. The predicted molar refractivity (Wildman–Crippen MR) is 134 cm³/mol. The van der Waals surface area contributed by atoms with Crippen LogP contribution < -0.4 is 14.5 Å². The van der Waals surface area contributed by atoms with E-state index in [9.17, 15) is 0 Å². The number of hydrogen-bond donors (Lipinski definition) is 0. The standard InChI is InChI=1S/C25H21Cl2N5O2/c1-15-28-29-25-31(14-17-12-23(34-3)20(27)13-22(17)33-2)30-24(16-8-10-18(26)11-9-16)19-6-4-5-7-21(19)32(15)25/h4-13H,14H2,1-3H3. The van der Waals surface area contributed by atoms with E-state index in [1.54, 1.807) is 20.3 Å². The topological polar surface area (TPSA) is 64.8 Å². The highest BCUT2D eigenvalue weighted by atomic mass is 35.5. The molecule has 5 rings (SSSR count). The van der Waals surface area contributed by atoms with Gasteiger partial charge in [0, 0.05) is 27.8 Å². The lowest BCUT2D eigenvalue weighted by Crippen LogP contribution is -2.21. The number of aryl methyl sites for hydroxylation is 1. The molecule has 0 fully saturated rings. The number of hydrazone groups is 1. The Hall–Kier alpha value is -3.55. The number of benzene rings is 3. The van der Waals surface area contributed by atoms with Gasteiger partial charge >= 0.3 is 0 Å². The van der Waals surface area contributed by atoms with Crippen LogP contribution in [0.2, 0.25) is 10.0 Å². The molecule has 0 bridgehead atoms. The van der Waals surface area contributed by atoms with Crippen molar-refractivity contribution in [2.45, 2.75) is 13.5 Å². The van der Waals surface area contributed by atoms with Crippen LogP contribution in [0.5, 0.6) is 11.5 Å². The molecule has 0 radical (unpaired) electrons. The summed E-state index contributed by atoms with van der Waals surface area (Å²) >= 11 is 12.5. The van der Waals surface area contributed by atoms with Crippen molar-refractivity contribution in [3.8, 4) is 17.2 Å². The number of nitrogens with zero attached hydrogens (tertiary/aromatic N) is 5. The highest BCUT2D eigenvalue weighted by molar-refractivity contribution is 6.32. The number of ether oxygens (including phenoxy) is 2. The van der Waals surface area contributed by atoms with E-state index in [-0.39, 0.29) is 0 Å². The average molecular weight is 494 g/mol. The highest BCUT2D eigenvalue weighted by Crippen LogP contribution is 2.36. The van der Waals surface area contributed by atoms with Crippen LogP contribution >= 0.6 is 23.2 Å². The van der Waals surface area contributed by atoms with Crippen LogP contribution in [0.4, 0.5) is 5.95 Å². The zero-order valence-corrected chi connectivity index (χ0v) is 20.3. The number of hydrogen-bond acceptors (Lipinski definition) is 6. The van der Waals surface area contributed by atoms with Gasteiger partial charge in [-0.25, -0.2) is 5.01 Å². The maximum atomic E-state index is 6.33. The summed E-state index contributed by atoms with van der Waals surface area (Å²) in [6.45, 7) is 2.27. The lowest BCUT2D eigenvalue weighted by Gasteiger charge is -2.20. The highest BCUT2D eigenvalue weighted by Gasteiger charge is 2.27. The van der Waals surface area contributed by atoms with Crippen molar-refractivity contribution in [2.24, 2.45) is 5.10 Å². The van der Waals surface area contributed by atoms with Gasteiger partial charge < -0.3 is 9.47 Å². The normalized spacial score (nSPS) is 12.5. The number of methoxy groups -OCH3 is 2. The number of rotatable bonds is 5. The number of aromatic nitrogens is 3. The van der Waals surface area contributed by atoms with Crippen molar-refractivity contribution in [3.63, 3.8) is 0 Å². The third-order valence-corrected chi connectivity index (χ3v) is 6.20. The fourth-order valence-corrected chi connectivity index (χ4v) is 4.38. The summed E-state index contributed by atoms with van der Waals surface area (Å²) < 4.78 is 13.0. The maximum absolute atomic E-state index is 6.33. The lowest BCUT2D eigenvalue weighted by atomic mass is 10.0. The van der Waals surface area contributed by atoms with E-state index in [0.29, 0.717) is 34.0 Å². The number of fused-ring (bicyclic) bond motifs is 3. The Bertz CT molecular complexity index is 1400. The summed E-state index contributed by atoms with van der Waals surface area (Å²) in [5.74, 6) is 2.51. The predicted octanol–water partition coefficient (Wildman–Crippen LogP) is 5.67. The molecule has 0 saturated carbocycles. The van der Waals surface area contributed by atoms with Crippen molar-refractivity contribution in [1.29, 1.82) is 0 Å². The fraction of sp³-hybridized carbons (Fsp3) is 0.160. The van der Waals surface area contributed by atoms with Gasteiger partial charge in [-0.3, -0.25) is 4.57 Å². The number of anilines is 1. The first-order valence-electron chi connectivity index (χ1n) is 10.5. The molecule has 1 aliphatic heterocycles. The molecule has 7 nitrogen and oxygen atoms in total. The van der Waals surface area contributed by atoms with Gasteiger partial charge in [0.1, 0.15) is 23.0 Å². The van der Waals surface area contributed by atoms with Crippen LogP contribution in [0.1, 0.15) is 22.5 Å². The minimum absolute atomic E-state index is 0.347. The second kappa shape index (κ2) is 9.00. The van der Waals surface area contributed by atoms with Crippen LogP contribution in [-0.4, -0.2) is 34.7 Å². The van der Waals surface area contributed by atoms with Gasteiger partial charge in [0.05, 0.1) is 31.5 Å². The van der Waals surface area contributed by atoms with E-state index < -0.39 is 0 Å². The van der Waals surface area contributed by atoms with Crippen molar-refractivity contribution in [2.75, 3.05) is 19.2 Å². The van der Waals surface area contributed by atoms with Crippen molar-refractivity contribution in [1.82, 2.24) is 14.8 Å². The second-order valence-electron chi connectivity index (χ2n) is 7.71. The van der Waals surface area contributed by atoms with Gasteiger partial charge in [0.15, 0.2) is 0 Å². The van der Waals surface area contributed by atoms with E-state index in [2.05, 4.69) is 10.2 Å². The quantitative estimate of drug-likeness (QED) is 0.358. The van der Waals surface area contributed by atoms with E-state index in [1.807, 2.05) is 71.1 Å². The zero-order chi connectivity index (χ0) is 23.8. The molecule has 34 heavy (non-hydrogen) atoms. The van der Waals surface area contributed by atoms with E-state index in [1.165, 1.54) is 0 Å². The van der Waals surface area contributed by atoms with Gasteiger partial charge in [-0.2, -0.15) is 5.10 Å². The van der Waals surface area contributed by atoms with Crippen LogP contribution in [0.25, 0.3) is 5.69 Å². The molecule has 0 N–H and O–H groups in total. The van der Waals surface area contributed by atoms with E-state index >= 15 is 0 Å². The van der Waals surface area contributed by atoms with Crippen LogP contribution in [0, 0.1) is 6.92 Å². The molecule has 1 aromatic heterocycles. The average Bonchev–Trinajstić information content (AvgIpc) is 3.17. The molecule has 172 valence electrons. The minimum Gasteiger partial charge on any atom is -0.496 e. The molecule has 4 aromatic rings. The van der Waals surface area contributed by atoms with Crippen molar-refractivity contribution < 1.29 is 9.47 Å². The molecule has 0 atom stereocenters. The monoisotopic (exact) mass is 493 g/mol. The van der Waals surface area contributed by atoms with Gasteiger partial charge in [0.25, 0.3) is 5.95 Å². The summed E-state index contributed by atoms with van der Waals surface area (Å²) in [5.41, 5.74) is 4.45. The largest absolute Gasteiger partial charge is 0.496 e. The van der Waals surface area contributed by atoms with Crippen LogP contribution in [-0.2, 0) is 6.54 Å². The van der Waals surface area contributed by atoms with Crippen LogP contribution in [0.15, 0.2) is 65.8 Å². The van der Waals surface area contributed by atoms with E-state index in [4.69, 9.17) is 37.8 Å². The number of para-hydroxylation sites is 1. The van der Waals surface area contributed by atoms with Gasteiger partial charge in [-0.15, -0.1) is 10.2 Å². The molecule has 0 saturated heterocycles. The Labute approximate surface area is 207 Å². The SMILES string of the molecule is COc1cc(CN2N=C(c3ccc(Cl)cc3)c3ccccc3-n3c(C)nnc32)c(OC)cc1Cl. The molecular weight excluding hydrogens is 473 g/mol. The Morgan fingerprint density at radius 3 is 2.35 bits per heavy atom. The molecule has 0 amide bonds. The summed E-state index contributed by atoms with van der Waals surface area (Å²) in [7, 11) is 3.19. The van der Waals surface area contributed by atoms with Gasteiger partial charge in [-0.1, -0.05) is 53.5 Å². The smallest absolute Gasteiger partial charge is 0.252 e. The minimum atomic E-state index is 0.347. The molecule has 3 aromatic carbocycles. The molecule has 0 aliphatic carbocycles. The molecular formula is C25H21Cl2N5O2. The molecule has 0 unspecified atom stereocenters. The van der Waals surface area contributed by atoms with Crippen LogP contribution in [0.3, 0.4) is 0 Å². The Morgan fingerprint density at radius 1 is 0.882 bits per heavy atom. The summed E-state index contributed by atoms with van der Waals surface area (Å²) in [4.78, 5) is 0. The first-order chi connectivity index (χ1) is 16.5. The van der Waals surface area contributed by atoms with Crippen molar-refractivity contribution in [3.05, 3.63) is 93.2 Å². The van der Waals surface area contributed by atoms with E-state index in [0.717, 1.165) is 33.9 Å². The first kappa shape index (κ1) is 22.3. The lowest BCUT2D eigenvalue weighted by molar-refractivity contribution is 0.398. The molecule has 9 heteroatoms. The molecule has 0 spiro atoms. The summed E-state index contributed by atoms with van der Waals surface area (Å²) in [5, 5.41) is 16.8. The Kier molecular flexibility index (Phi) is 5.89. The third-order valence-electron chi connectivity index (χ3n) is 5.65. The first-order valence-corrected chi connectivity index (χ1v) is 11.3. The fourth-order valence-electron chi connectivity index (χ4n) is 4.02.